The van der Waals surface area contributed by atoms with Crippen LogP contribution in [0.15, 0.2) is 42.5 Å². The Bertz CT molecular complexity index is 588. The van der Waals surface area contributed by atoms with Gasteiger partial charge in [0.25, 0.3) is 0 Å². The second-order valence-corrected chi connectivity index (χ2v) is 5.38. The summed E-state index contributed by atoms with van der Waals surface area (Å²) in [5.74, 6) is -0.270. The molecule has 2 aromatic rings. The van der Waals surface area contributed by atoms with Gasteiger partial charge in [0, 0.05) is 6.42 Å². The second-order valence-electron chi connectivity index (χ2n) is 5.38. The fourth-order valence-corrected chi connectivity index (χ4v) is 2.22. The van der Waals surface area contributed by atoms with Crippen molar-refractivity contribution in [3.63, 3.8) is 0 Å². The van der Waals surface area contributed by atoms with E-state index < -0.39 is 5.60 Å². The second kappa shape index (κ2) is 5.14. The Morgan fingerprint density at radius 1 is 1.05 bits per heavy atom. The predicted molar refractivity (Wildman–Crippen MR) is 75.6 cm³/mol. The van der Waals surface area contributed by atoms with Gasteiger partial charge in [-0.1, -0.05) is 30.3 Å². The molecule has 100 valence electrons. The van der Waals surface area contributed by atoms with E-state index in [1.165, 1.54) is 17.7 Å². The summed E-state index contributed by atoms with van der Waals surface area (Å²) in [6.45, 7) is 5.83. The molecule has 2 aromatic carbocycles. The van der Waals surface area contributed by atoms with E-state index >= 15 is 0 Å². The largest absolute Gasteiger partial charge is 0.385 e. The van der Waals surface area contributed by atoms with Crippen LogP contribution in [0.25, 0.3) is 0 Å². The lowest BCUT2D eigenvalue weighted by Crippen LogP contribution is -2.24. The molecule has 1 N–H and O–H groups in total. The molecule has 1 unspecified atom stereocenters. The van der Waals surface area contributed by atoms with E-state index in [2.05, 4.69) is 0 Å². The summed E-state index contributed by atoms with van der Waals surface area (Å²) in [4.78, 5) is 0. The molecule has 0 aliphatic rings. The van der Waals surface area contributed by atoms with Gasteiger partial charge in [0.2, 0.25) is 0 Å². The van der Waals surface area contributed by atoms with Gasteiger partial charge >= 0.3 is 0 Å². The van der Waals surface area contributed by atoms with E-state index in [0.29, 0.717) is 6.42 Å². The summed E-state index contributed by atoms with van der Waals surface area (Å²) in [5, 5.41) is 10.6. The summed E-state index contributed by atoms with van der Waals surface area (Å²) in [6, 6.07) is 12.3. The van der Waals surface area contributed by atoms with E-state index in [0.717, 1.165) is 16.7 Å². The highest BCUT2D eigenvalue weighted by Crippen LogP contribution is 2.27. The molecule has 1 atom stereocenters. The highest BCUT2D eigenvalue weighted by molar-refractivity contribution is 5.34. The van der Waals surface area contributed by atoms with Crippen LogP contribution in [0.2, 0.25) is 0 Å². The van der Waals surface area contributed by atoms with Crippen LogP contribution in [0, 0.1) is 19.7 Å². The summed E-state index contributed by atoms with van der Waals surface area (Å²) >= 11 is 0. The van der Waals surface area contributed by atoms with Crippen LogP contribution in [-0.2, 0) is 12.0 Å². The molecule has 0 spiro atoms. The van der Waals surface area contributed by atoms with Crippen LogP contribution < -0.4 is 0 Å². The first-order chi connectivity index (χ1) is 8.88. The van der Waals surface area contributed by atoms with Gasteiger partial charge in [-0.3, -0.25) is 0 Å². The molecule has 0 fully saturated rings. The van der Waals surface area contributed by atoms with Gasteiger partial charge < -0.3 is 5.11 Å². The van der Waals surface area contributed by atoms with Crippen molar-refractivity contribution in [1.29, 1.82) is 0 Å². The normalized spacial score (nSPS) is 14.2. The first kappa shape index (κ1) is 13.8. The van der Waals surface area contributed by atoms with E-state index in [1.807, 2.05) is 38.1 Å². The quantitative estimate of drug-likeness (QED) is 0.885. The van der Waals surface area contributed by atoms with Crippen molar-refractivity contribution < 1.29 is 9.50 Å². The van der Waals surface area contributed by atoms with Crippen molar-refractivity contribution in [2.24, 2.45) is 0 Å². The average molecular weight is 258 g/mol. The summed E-state index contributed by atoms with van der Waals surface area (Å²) in [7, 11) is 0. The van der Waals surface area contributed by atoms with Crippen LogP contribution in [0.3, 0.4) is 0 Å². The van der Waals surface area contributed by atoms with Crippen LogP contribution in [-0.4, -0.2) is 5.11 Å². The number of hydrogen-bond acceptors (Lipinski definition) is 1. The molecule has 0 amide bonds. The number of rotatable bonds is 3. The van der Waals surface area contributed by atoms with Gasteiger partial charge in [0.1, 0.15) is 5.82 Å². The molecule has 0 radical (unpaired) electrons. The standard InChI is InChI=1S/C17H19FO/c1-12-7-8-15(9-13(12)2)17(3,19)11-14-5-4-6-16(18)10-14/h4-10,19H,11H2,1-3H3. The van der Waals surface area contributed by atoms with Crippen molar-refractivity contribution in [3.8, 4) is 0 Å². The van der Waals surface area contributed by atoms with Crippen molar-refractivity contribution in [3.05, 3.63) is 70.5 Å². The number of aryl methyl sites for hydroxylation is 2. The third-order valence-electron chi connectivity index (χ3n) is 3.57. The molecule has 0 heterocycles. The Labute approximate surface area is 113 Å². The molecule has 0 aliphatic carbocycles. The fraction of sp³-hybridized carbons (Fsp3) is 0.294. The zero-order valence-electron chi connectivity index (χ0n) is 11.6. The third-order valence-corrected chi connectivity index (χ3v) is 3.57. The highest BCUT2D eigenvalue weighted by Gasteiger charge is 2.24. The maximum atomic E-state index is 13.2. The lowest BCUT2D eigenvalue weighted by atomic mass is 9.87. The SMILES string of the molecule is Cc1ccc(C(C)(O)Cc2cccc(F)c2)cc1C. The lowest BCUT2D eigenvalue weighted by molar-refractivity contribution is 0.0575. The van der Waals surface area contributed by atoms with E-state index in [1.54, 1.807) is 13.0 Å². The topological polar surface area (TPSA) is 20.2 Å². The molecule has 0 aromatic heterocycles. The summed E-state index contributed by atoms with van der Waals surface area (Å²) in [5.41, 5.74) is 3.01. The Morgan fingerprint density at radius 2 is 1.79 bits per heavy atom. The molecule has 0 saturated carbocycles. The number of halogens is 1. The van der Waals surface area contributed by atoms with Crippen molar-refractivity contribution in [1.82, 2.24) is 0 Å². The molecular weight excluding hydrogens is 239 g/mol. The monoisotopic (exact) mass is 258 g/mol. The minimum absolute atomic E-state index is 0.270. The molecule has 2 rings (SSSR count). The van der Waals surface area contributed by atoms with E-state index in [9.17, 15) is 9.50 Å². The minimum Gasteiger partial charge on any atom is -0.385 e. The van der Waals surface area contributed by atoms with Crippen LogP contribution in [0.1, 0.15) is 29.2 Å². The Kier molecular flexibility index (Phi) is 3.72. The van der Waals surface area contributed by atoms with Crippen LogP contribution >= 0.6 is 0 Å². The number of benzene rings is 2. The molecule has 0 saturated heterocycles. The fourth-order valence-electron chi connectivity index (χ4n) is 2.22. The van der Waals surface area contributed by atoms with Crippen LogP contribution in [0.5, 0.6) is 0 Å². The smallest absolute Gasteiger partial charge is 0.123 e. The number of hydrogen-bond donors (Lipinski definition) is 1. The minimum atomic E-state index is -0.994. The first-order valence-electron chi connectivity index (χ1n) is 6.43. The van der Waals surface area contributed by atoms with Gasteiger partial charge in [0.15, 0.2) is 0 Å². The third kappa shape index (κ3) is 3.21. The van der Waals surface area contributed by atoms with E-state index in [4.69, 9.17) is 0 Å². The van der Waals surface area contributed by atoms with E-state index in [-0.39, 0.29) is 5.82 Å². The van der Waals surface area contributed by atoms with Gasteiger partial charge in [-0.05, 0) is 55.2 Å². The van der Waals surface area contributed by atoms with Crippen LogP contribution in [0.4, 0.5) is 4.39 Å². The Balaban J connectivity index is 2.29. The first-order valence-corrected chi connectivity index (χ1v) is 6.43. The van der Waals surface area contributed by atoms with Crippen molar-refractivity contribution in [2.75, 3.05) is 0 Å². The molecule has 19 heavy (non-hydrogen) atoms. The van der Waals surface area contributed by atoms with Gasteiger partial charge in [0.05, 0.1) is 5.60 Å². The molecule has 0 aliphatic heterocycles. The number of aliphatic hydroxyl groups is 1. The summed E-state index contributed by atoms with van der Waals surface area (Å²) in [6.07, 6.45) is 0.396. The zero-order valence-corrected chi connectivity index (χ0v) is 11.6. The Hall–Kier alpha value is -1.67. The van der Waals surface area contributed by atoms with Crippen molar-refractivity contribution in [2.45, 2.75) is 32.8 Å². The lowest BCUT2D eigenvalue weighted by Gasteiger charge is -2.25. The van der Waals surface area contributed by atoms with Gasteiger partial charge in [-0.15, -0.1) is 0 Å². The zero-order chi connectivity index (χ0) is 14.0. The maximum absolute atomic E-state index is 13.2. The molecular formula is C17H19FO. The predicted octanol–water partition coefficient (Wildman–Crippen LogP) is 3.89. The van der Waals surface area contributed by atoms with Gasteiger partial charge in [-0.2, -0.15) is 0 Å². The molecule has 0 bridgehead atoms. The molecule has 2 heteroatoms. The Morgan fingerprint density at radius 3 is 2.42 bits per heavy atom. The average Bonchev–Trinajstić information content (AvgIpc) is 2.32. The maximum Gasteiger partial charge on any atom is 0.123 e. The highest BCUT2D eigenvalue weighted by atomic mass is 19.1. The molecule has 1 nitrogen and oxygen atoms in total. The van der Waals surface area contributed by atoms with Crippen molar-refractivity contribution >= 4 is 0 Å². The summed E-state index contributed by atoms with van der Waals surface area (Å²) < 4.78 is 13.2. The van der Waals surface area contributed by atoms with Gasteiger partial charge in [-0.25, -0.2) is 4.39 Å².